The van der Waals surface area contributed by atoms with Crippen molar-refractivity contribution in [2.24, 2.45) is 0 Å². The van der Waals surface area contributed by atoms with Gasteiger partial charge in [0.25, 0.3) is 5.56 Å². The van der Waals surface area contributed by atoms with Crippen LogP contribution in [0.4, 0.5) is 13.2 Å². The van der Waals surface area contributed by atoms with Gasteiger partial charge in [0.2, 0.25) is 0 Å². The zero-order valence-corrected chi connectivity index (χ0v) is 6.14. The number of nitrogens with one attached hydrogen (secondary N) is 1. The van der Waals surface area contributed by atoms with Crippen molar-refractivity contribution in [3.63, 3.8) is 0 Å². The smallest absolute Gasteiger partial charge is 0.317 e. The molecular weight excluding hydrogens is 183 g/mol. The molecule has 1 rings (SSSR count). The molecule has 1 heterocycles. The Morgan fingerprint density at radius 1 is 1.23 bits per heavy atom. The van der Waals surface area contributed by atoms with E-state index in [2.05, 4.69) is 4.98 Å². The Hall–Kier alpha value is -1.20. The van der Waals surface area contributed by atoms with Crippen molar-refractivity contribution in [3.8, 4) is 0 Å². The van der Waals surface area contributed by atoms with Crippen LogP contribution in [-0.4, -0.2) is 25.7 Å². The highest BCUT2D eigenvalue weighted by atomic mass is 19.4. The van der Waals surface area contributed by atoms with Gasteiger partial charge in [0, 0.05) is 5.59 Å². The van der Waals surface area contributed by atoms with Gasteiger partial charge in [-0.3, -0.25) is 9.78 Å². The fourth-order valence-electron chi connectivity index (χ4n) is 0.694. The Balaban J connectivity index is 3.41. The van der Waals surface area contributed by atoms with Crippen molar-refractivity contribution in [3.05, 3.63) is 16.0 Å². The van der Waals surface area contributed by atoms with Crippen molar-refractivity contribution in [1.82, 2.24) is 9.97 Å². The average Bonchev–Trinajstić information content (AvgIpc) is 1.94. The van der Waals surface area contributed by atoms with Crippen molar-refractivity contribution in [1.29, 1.82) is 0 Å². The summed E-state index contributed by atoms with van der Waals surface area (Å²) in [5.41, 5.74) is -3.93. The highest BCUT2D eigenvalue weighted by Crippen LogP contribution is 2.24. The molecule has 0 unspecified atom stereocenters. The van der Waals surface area contributed by atoms with E-state index in [1.807, 2.05) is 0 Å². The molecule has 13 heavy (non-hydrogen) atoms. The van der Waals surface area contributed by atoms with Gasteiger partial charge in [-0.25, -0.2) is 0 Å². The highest BCUT2D eigenvalue weighted by Gasteiger charge is 2.34. The lowest BCUT2D eigenvalue weighted by atomic mass is 9.98. The first-order chi connectivity index (χ1) is 5.82. The van der Waals surface area contributed by atoms with E-state index >= 15 is 0 Å². The van der Waals surface area contributed by atoms with Crippen LogP contribution in [0.1, 0.15) is 5.69 Å². The third-order valence-electron chi connectivity index (χ3n) is 1.25. The summed E-state index contributed by atoms with van der Waals surface area (Å²) in [5, 5.41) is 0. The number of nitrogens with zero attached hydrogens (tertiary/aromatic N) is 1. The van der Waals surface area contributed by atoms with Crippen molar-refractivity contribution >= 4 is 26.9 Å². The molecule has 0 spiro atoms. The standard InChI is InChI=1S/C5HB2F3N2O/c6-2-1(5(8,9)10)11-4(13)3(7)12-2/h(H,11,13). The molecule has 1 aromatic rings. The van der Waals surface area contributed by atoms with Gasteiger partial charge in [-0.05, 0) is 0 Å². The normalized spacial score (nSPS) is 11.6. The first kappa shape index (κ1) is 9.88. The molecule has 0 aliphatic carbocycles. The molecule has 64 valence electrons. The first-order valence-corrected chi connectivity index (χ1v) is 3.05. The van der Waals surface area contributed by atoms with E-state index in [4.69, 9.17) is 15.7 Å². The summed E-state index contributed by atoms with van der Waals surface area (Å²) >= 11 is 0. The molecule has 0 aliphatic heterocycles. The zero-order chi connectivity index (χ0) is 10.2. The number of hydrogen-bond donors (Lipinski definition) is 1. The largest absolute Gasteiger partial charge is 0.432 e. The maximum absolute atomic E-state index is 12.0. The summed E-state index contributed by atoms with van der Waals surface area (Å²) < 4.78 is 36.1. The van der Waals surface area contributed by atoms with E-state index in [0.717, 1.165) is 0 Å². The lowest BCUT2D eigenvalue weighted by molar-refractivity contribution is -0.140. The Labute approximate surface area is 73.2 Å². The van der Waals surface area contributed by atoms with Crippen molar-refractivity contribution in [2.45, 2.75) is 6.18 Å². The van der Waals surface area contributed by atoms with Gasteiger partial charge in [-0.1, -0.05) is 0 Å². The fraction of sp³-hybridized carbons (Fsp3) is 0.200. The van der Waals surface area contributed by atoms with E-state index in [0.29, 0.717) is 0 Å². The number of aromatic amines is 1. The minimum atomic E-state index is -4.73. The number of hydrogen-bond acceptors (Lipinski definition) is 2. The lowest BCUT2D eigenvalue weighted by Gasteiger charge is -2.09. The summed E-state index contributed by atoms with van der Waals surface area (Å²) in [4.78, 5) is 15.2. The van der Waals surface area contributed by atoms with Crippen LogP contribution >= 0.6 is 0 Å². The molecule has 0 saturated carbocycles. The van der Waals surface area contributed by atoms with Gasteiger partial charge in [-0.2, -0.15) is 13.2 Å². The molecule has 1 aromatic heterocycles. The Bertz CT molecular complexity index is 386. The predicted molar refractivity (Wildman–Crippen MR) is 40.6 cm³/mol. The van der Waals surface area contributed by atoms with Gasteiger partial charge < -0.3 is 4.98 Å². The van der Waals surface area contributed by atoms with E-state index in [1.54, 1.807) is 0 Å². The summed E-state index contributed by atoms with van der Waals surface area (Å²) in [6.45, 7) is 0. The van der Waals surface area contributed by atoms with Crippen LogP contribution in [0.25, 0.3) is 0 Å². The van der Waals surface area contributed by atoms with E-state index in [-0.39, 0.29) is 0 Å². The number of alkyl halides is 3. The van der Waals surface area contributed by atoms with Crippen molar-refractivity contribution < 1.29 is 13.2 Å². The molecule has 3 nitrogen and oxygen atoms in total. The molecule has 4 radical (unpaired) electrons. The molecule has 0 saturated heterocycles. The second-order valence-electron chi connectivity index (χ2n) is 2.21. The topological polar surface area (TPSA) is 45.8 Å². The molecule has 1 N–H and O–H groups in total. The minimum Gasteiger partial charge on any atom is -0.317 e. The zero-order valence-electron chi connectivity index (χ0n) is 6.14. The molecule has 8 heteroatoms. The summed E-state index contributed by atoms with van der Waals surface area (Å²) in [5.74, 6) is 0. The SMILES string of the molecule is [B]c1nc([B])c(=O)[nH]c1C(F)(F)F. The van der Waals surface area contributed by atoms with Gasteiger partial charge in [0.1, 0.15) is 21.4 Å². The van der Waals surface area contributed by atoms with Crippen LogP contribution in [0.5, 0.6) is 0 Å². The molecule has 0 bridgehead atoms. The second-order valence-corrected chi connectivity index (χ2v) is 2.21. The first-order valence-electron chi connectivity index (χ1n) is 3.05. The second kappa shape index (κ2) is 2.93. The number of halogens is 3. The molecular formula is C5HB2F3N2O. The Kier molecular flexibility index (Phi) is 2.23. The van der Waals surface area contributed by atoms with Crippen molar-refractivity contribution in [2.75, 3.05) is 0 Å². The monoisotopic (exact) mass is 184 g/mol. The molecule has 0 fully saturated rings. The summed E-state index contributed by atoms with van der Waals surface area (Å²) in [7, 11) is 9.83. The van der Waals surface area contributed by atoms with Crippen LogP contribution in [0, 0.1) is 0 Å². The maximum atomic E-state index is 12.0. The number of aromatic nitrogens is 2. The third-order valence-corrected chi connectivity index (χ3v) is 1.25. The predicted octanol–water partition coefficient (Wildman–Crippen LogP) is -1.62. The van der Waals surface area contributed by atoms with Crippen LogP contribution in [0.3, 0.4) is 0 Å². The Morgan fingerprint density at radius 2 is 1.77 bits per heavy atom. The van der Waals surface area contributed by atoms with Gasteiger partial charge in [0.05, 0.1) is 5.59 Å². The fourth-order valence-corrected chi connectivity index (χ4v) is 0.694. The highest BCUT2D eigenvalue weighted by molar-refractivity contribution is 6.34. The lowest BCUT2D eigenvalue weighted by Crippen LogP contribution is -2.41. The quantitative estimate of drug-likeness (QED) is 0.492. The summed E-state index contributed by atoms with van der Waals surface area (Å²) in [6, 6.07) is 0. The molecule has 0 aromatic carbocycles. The Morgan fingerprint density at radius 3 is 2.23 bits per heavy atom. The van der Waals surface area contributed by atoms with E-state index in [9.17, 15) is 18.0 Å². The van der Waals surface area contributed by atoms with Gasteiger partial charge in [-0.15, -0.1) is 0 Å². The summed E-state index contributed by atoms with van der Waals surface area (Å²) in [6.07, 6.45) is -4.73. The average molecular weight is 184 g/mol. The molecule has 0 atom stereocenters. The number of rotatable bonds is 0. The molecule has 0 amide bonds. The molecule has 0 aliphatic rings. The maximum Gasteiger partial charge on any atom is 0.432 e. The van der Waals surface area contributed by atoms with Crippen LogP contribution in [0.2, 0.25) is 0 Å². The van der Waals surface area contributed by atoms with Crippen LogP contribution in [-0.2, 0) is 6.18 Å². The van der Waals surface area contributed by atoms with Gasteiger partial charge >= 0.3 is 6.18 Å². The van der Waals surface area contributed by atoms with Crippen LogP contribution < -0.4 is 16.7 Å². The number of H-pyrrole nitrogens is 1. The van der Waals surface area contributed by atoms with Crippen LogP contribution in [0.15, 0.2) is 4.79 Å². The van der Waals surface area contributed by atoms with Gasteiger partial charge in [0.15, 0.2) is 0 Å². The van der Waals surface area contributed by atoms with E-state index < -0.39 is 28.6 Å². The van der Waals surface area contributed by atoms with E-state index in [1.165, 1.54) is 4.98 Å². The minimum absolute atomic E-state index is 0.592. The third kappa shape index (κ3) is 1.93.